The Kier molecular flexibility index (Phi) is 11.0. The fraction of sp³-hybridized carbons (Fsp3) is 0.541. The van der Waals surface area contributed by atoms with E-state index < -0.39 is 24.2 Å². The molecule has 1 fully saturated rings. The van der Waals surface area contributed by atoms with Gasteiger partial charge in [-0.15, -0.1) is 0 Å². The van der Waals surface area contributed by atoms with Gasteiger partial charge in [0.05, 0.1) is 49.0 Å². The summed E-state index contributed by atoms with van der Waals surface area (Å²) in [6.07, 6.45) is 10.0. The highest BCUT2D eigenvalue weighted by Crippen LogP contribution is 2.42. The Bertz CT molecular complexity index is 1660. The number of aromatic nitrogens is 4. The first kappa shape index (κ1) is 35.8. The summed E-state index contributed by atoms with van der Waals surface area (Å²) >= 11 is 0. The molecule has 1 aliphatic heterocycles. The average molecular weight is 673 g/mol. The van der Waals surface area contributed by atoms with Crippen molar-refractivity contribution >= 4 is 23.5 Å². The van der Waals surface area contributed by atoms with Gasteiger partial charge in [-0.05, 0) is 73.0 Å². The van der Waals surface area contributed by atoms with E-state index in [0.29, 0.717) is 5.82 Å². The lowest BCUT2D eigenvalue weighted by atomic mass is 9.71. The predicted molar refractivity (Wildman–Crippen MR) is 189 cm³/mol. The molecule has 0 bridgehead atoms. The number of hydrogen-bond acceptors (Lipinski definition) is 7. The number of likely N-dealkylation sites (tertiary alicyclic amines) is 1. The number of carbonyl (C=O) groups is 3. The number of hydrogen-bond donors (Lipinski definition) is 5. The maximum absolute atomic E-state index is 13.0. The van der Waals surface area contributed by atoms with Crippen LogP contribution in [0.15, 0.2) is 42.7 Å². The summed E-state index contributed by atoms with van der Waals surface area (Å²) in [5, 5.41) is 5.53. The third kappa shape index (κ3) is 7.90. The molecule has 1 aromatic carbocycles. The second-order valence-electron chi connectivity index (χ2n) is 14.5. The van der Waals surface area contributed by atoms with Crippen LogP contribution in [-0.2, 0) is 19.7 Å². The zero-order valence-corrected chi connectivity index (χ0v) is 29.8. The molecule has 5 rings (SSSR count). The summed E-state index contributed by atoms with van der Waals surface area (Å²) < 4.78 is 4.67. The van der Waals surface area contributed by atoms with Crippen molar-refractivity contribution in [3.63, 3.8) is 0 Å². The number of ether oxygens (including phenoxy) is 1. The number of nitrogens with one attached hydrogen (secondary N) is 4. The molecule has 3 heterocycles. The highest BCUT2D eigenvalue weighted by Gasteiger charge is 2.36. The lowest BCUT2D eigenvalue weighted by molar-refractivity contribution is -0.134. The number of methoxy groups -OCH3 is 1. The SMILES string of the molecule is COC(=O)N[C@H](C(=O)N[C@@H](C)c1ncc(-c2ccc(C3(C)CC=C(c4cnc([C@@H]5CCCN5C(=O)[C@@H](N)C(C)C)[nH]4)CC3)cc2)[nH]1)C(C)C. The van der Waals surface area contributed by atoms with Crippen LogP contribution >= 0.6 is 0 Å². The van der Waals surface area contributed by atoms with Gasteiger partial charge in [-0.25, -0.2) is 14.8 Å². The number of allylic oxidation sites excluding steroid dienone is 2. The quantitative estimate of drug-likeness (QED) is 0.178. The maximum Gasteiger partial charge on any atom is 0.407 e. The fourth-order valence-corrected chi connectivity index (χ4v) is 6.78. The molecule has 0 saturated carbocycles. The van der Waals surface area contributed by atoms with E-state index >= 15 is 0 Å². The number of carbonyl (C=O) groups excluding carboxylic acids is 3. The first-order valence-electron chi connectivity index (χ1n) is 17.4. The van der Waals surface area contributed by atoms with E-state index in [4.69, 9.17) is 10.7 Å². The molecule has 5 atom stereocenters. The molecule has 12 nitrogen and oxygen atoms in total. The number of nitrogens with zero attached hydrogens (tertiary/aromatic N) is 3. The smallest absolute Gasteiger partial charge is 0.407 e. The molecular formula is C37H52N8O4. The minimum absolute atomic E-state index is 0.00430. The molecule has 2 aromatic heterocycles. The Morgan fingerprint density at radius 3 is 2.35 bits per heavy atom. The van der Waals surface area contributed by atoms with Crippen molar-refractivity contribution in [3.8, 4) is 11.3 Å². The predicted octanol–water partition coefficient (Wildman–Crippen LogP) is 5.53. The Morgan fingerprint density at radius 2 is 1.71 bits per heavy atom. The average Bonchev–Trinajstić information content (AvgIpc) is 3.88. The van der Waals surface area contributed by atoms with E-state index in [1.165, 1.54) is 18.2 Å². The zero-order chi connectivity index (χ0) is 35.5. The van der Waals surface area contributed by atoms with Gasteiger partial charge in [0, 0.05) is 6.54 Å². The van der Waals surface area contributed by atoms with Crippen molar-refractivity contribution in [2.24, 2.45) is 17.6 Å². The van der Waals surface area contributed by atoms with Gasteiger partial charge in [-0.2, -0.15) is 0 Å². The number of nitrogens with two attached hydrogens (primary N) is 1. The maximum atomic E-state index is 13.0. The van der Waals surface area contributed by atoms with Gasteiger partial charge in [-0.3, -0.25) is 9.59 Å². The van der Waals surface area contributed by atoms with Gasteiger partial charge in [0.1, 0.15) is 17.7 Å². The van der Waals surface area contributed by atoms with Crippen LogP contribution < -0.4 is 16.4 Å². The molecule has 1 aliphatic carbocycles. The third-order valence-corrected chi connectivity index (χ3v) is 10.2. The number of amides is 3. The van der Waals surface area contributed by atoms with E-state index in [2.05, 4.69) is 67.6 Å². The van der Waals surface area contributed by atoms with E-state index in [9.17, 15) is 14.4 Å². The summed E-state index contributed by atoms with van der Waals surface area (Å²) in [4.78, 5) is 55.7. The van der Waals surface area contributed by atoms with E-state index in [1.807, 2.05) is 45.7 Å². The summed E-state index contributed by atoms with van der Waals surface area (Å²) in [5.74, 6) is 1.14. The van der Waals surface area contributed by atoms with Crippen LogP contribution in [0.1, 0.15) is 109 Å². The summed E-state index contributed by atoms with van der Waals surface area (Å²) in [6.45, 7) is 12.6. The molecule has 6 N–H and O–H groups in total. The molecule has 12 heteroatoms. The Balaban J connectivity index is 1.21. The van der Waals surface area contributed by atoms with Gasteiger partial charge in [0.25, 0.3) is 0 Å². The fourth-order valence-electron chi connectivity index (χ4n) is 6.78. The molecule has 0 radical (unpaired) electrons. The van der Waals surface area contributed by atoms with Crippen molar-refractivity contribution in [1.29, 1.82) is 0 Å². The van der Waals surface area contributed by atoms with Crippen LogP contribution in [0, 0.1) is 11.8 Å². The van der Waals surface area contributed by atoms with Crippen molar-refractivity contribution in [1.82, 2.24) is 35.5 Å². The van der Waals surface area contributed by atoms with Crippen molar-refractivity contribution < 1.29 is 19.1 Å². The van der Waals surface area contributed by atoms with Gasteiger partial charge >= 0.3 is 6.09 Å². The molecule has 49 heavy (non-hydrogen) atoms. The molecule has 1 unspecified atom stereocenters. The zero-order valence-electron chi connectivity index (χ0n) is 29.8. The monoisotopic (exact) mass is 672 g/mol. The number of imidazole rings is 2. The number of rotatable bonds is 11. The van der Waals surface area contributed by atoms with E-state index in [-0.39, 0.29) is 35.1 Å². The van der Waals surface area contributed by atoms with Crippen LogP contribution in [0.25, 0.3) is 16.8 Å². The van der Waals surface area contributed by atoms with Crippen molar-refractivity contribution in [2.75, 3.05) is 13.7 Å². The number of H-pyrrole nitrogens is 2. The van der Waals surface area contributed by atoms with Gasteiger partial charge < -0.3 is 36.0 Å². The second-order valence-corrected chi connectivity index (χ2v) is 14.5. The molecule has 264 valence electrons. The van der Waals surface area contributed by atoms with Crippen molar-refractivity contribution in [2.45, 2.75) is 103 Å². The summed E-state index contributed by atoms with van der Waals surface area (Å²) in [7, 11) is 1.27. The lowest BCUT2D eigenvalue weighted by Crippen LogP contribution is -2.50. The Labute approximate surface area is 289 Å². The highest BCUT2D eigenvalue weighted by atomic mass is 16.5. The topological polar surface area (TPSA) is 171 Å². The Morgan fingerprint density at radius 1 is 1.00 bits per heavy atom. The molecular weight excluding hydrogens is 620 g/mol. The normalized spacial score (nSPS) is 21.3. The van der Waals surface area contributed by atoms with E-state index in [1.54, 1.807) is 6.20 Å². The number of aromatic amines is 2. The van der Waals surface area contributed by atoms with Crippen LogP contribution in [0.3, 0.4) is 0 Å². The van der Waals surface area contributed by atoms with Crippen LogP contribution in [0.4, 0.5) is 4.79 Å². The minimum atomic E-state index is -0.727. The third-order valence-electron chi connectivity index (χ3n) is 10.2. The molecule has 3 aromatic rings. The van der Waals surface area contributed by atoms with Gasteiger partial charge in [0.15, 0.2) is 0 Å². The Hall–Kier alpha value is -4.45. The minimum Gasteiger partial charge on any atom is -0.453 e. The van der Waals surface area contributed by atoms with Gasteiger partial charge in [-0.1, -0.05) is 65.0 Å². The van der Waals surface area contributed by atoms with E-state index in [0.717, 1.165) is 61.4 Å². The molecule has 0 spiro atoms. The number of alkyl carbamates (subject to hydrolysis) is 1. The largest absolute Gasteiger partial charge is 0.453 e. The summed E-state index contributed by atoms with van der Waals surface area (Å²) in [6, 6.07) is 6.92. The number of benzene rings is 1. The molecule has 2 aliphatic rings. The second kappa shape index (κ2) is 15.0. The van der Waals surface area contributed by atoms with Crippen LogP contribution in [0.2, 0.25) is 0 Å². The first-order valence-corrected chi connectivity index (χ1v) is 17.4. The first-order chi connectivity index (χ1) is 23.3. The van der Waals surface area contributed by atoms with Crippen LogP contribution in [0.5, 0.6) is 0 Å². The van der Waals surface area contributed by atoms with Crippen LogP contribution in [-0.4, -0.2) is 68.5 Å². The standard InChI is InChI=1S/C37H52N8O4/c1-21(2)30(38)35(47)45-18-8-9-29(45)33-40-20-28(43-33)25-14-16-37(6,17-15-25)26-12-10-24(11-13-26)27-19-39-32(42-27)23(5)41-34(46)31(22(3)4)44-36(48)49-7/h10-14,19-23,29-31H,8-9,15-18,38H2,1-7H3,(H,39,42)(H,40,43)(H,41,46)(H,44,48)/t23-,29-,30-,31-,37?/m0/s1. The lowest BCUT2D eigenvalue weighted by Gasteiger charge is -2.33. The summed E-state index contributed by atoms with van der Waals surface area (Å²) in [5.41, 5.74) is 11.6. The van der Waals surface area contributed by atoms with Crippen molar-refractivity contribution in [3.05, 3.63) is 65.6 Å². The highest BCUT2D eigenvalue weighted by molar-refractivity contribution is 5.86. The molecule has 1 saturated heterocycles. The molecule has 3 amide bonds. The van der Waals surface area contributed by atoms with Gasteiger partial charge in [0.2, 0.25) is 11.8 Å².